The third-order valence-corrected chi connectivity index (χ3v) is 3.82. The zero-order chi connectivity index (χ0) is 18.4. The molecular weight excluding hydrogens is 330 g/mol. The van der Waals surface area contributed by atoms with E-state index < -0.39 is 5.91 Å². The molecule has 0 aliphatic heterocycles. The third-order valence-electron chi connectivity index (χ3n) is 3.82. The highest BCUT2D eigenvalue weighted by Crippen LogP contribution is 2.14. The second-order valence-corrected chi connectivity index (χ2v) is 5.78. The van der Waals surface area contributed by atoms with Gasteiger partial charge in [0.15, 0.2) is 0 Å². The van der Waals surface area contributed by atoms with Crippen LogP contribution in [0.2, 0.25) is 0 Å². The molecule has 0 atom stereocenters. The van der Waals surface area contributed by atoms with Crippen LogP contribution in [-0.4, -0.2) is 26.6 Å². The number of aryl methyl sites for hydroxylation is 1. The number of aromatic nitrogens is 3. The first-order valence-electron chi connectivity index (χ1n) is 8.27. The minimum Gasteiger partial charge on any atom is -0.364 e. The number of primary amides is 1. The summed E-state index contributed by atoms with van der Waals surface area (Å²) >= 11 is 0. The number of hydrogen-bond acceptors (Lipinski definition) is 4. The van der Waals surface area contributed by atoms with E-state index in [-0.39, 0.29) is 11.6 Å². The van der Waals surface area contributed by atoms with Gasteiger partial charge in [-0.2, -0.15) is 5.10 Å². The van der Waals surface area contributed by atoms with E-state index in [1.54, 1.807) is 47.4 Å². The van der Waals surface area contributed by atoms with Gasteiger partial charge < -0.3 is 11.1 Å². The Morgan fingerprint density at radius 2 is 1.88 bits per heavy atom. The number of nitrogens with one attached hydrogen (secondary N) is 1. The summed E-state index contributed by atoms with van der Waals surface area (Å²) in [6, 6.07) is 14.5. The SMILES string of the molecule is NC(=O)c1ccn(-c2ccc(NC(=O)CCCc3ccccn3)cc2)n1. The molecule has 26 heavy (non-hydrogen) atoms. The molecule has 0 unspecified atom stereocenters. The van der Waals surface area contributed by atoms with Crippen molar-refractivity contribution in [1.82, 2.24) is 14.8 Å². The van der Waals surface area contributed by atoms with Gasteiger partial charge in [0.05, 0.1) is 5.69 Å². The molecule has 0 radical (unpaired) electrons. The molecule has 0 fully saturated rings. The van der Waals surface area contributed by atoms with Gasteiger partial charge in [0, 0.05) is 30.2 Å². The Labute approximate surface area is 150 Å². The molecule has 3 N–H and O–H groups in total. The first-order valence-corrected chi connectivity index (χ1v) is 8.27. The van der Waals surface area contributed by atoms with E-state index in [1.807, 2.05) is 18.2 Å². The molecule has 2 amide bonds. The molecule has 0 spiro atoms. The fraction of sp³-hybridized carbons (Fsp3) is 0.158. The Kier molecular flexibility index (Phi) is 5.38. The number of carbonyl (C=O) groups excluding carboxylic acids is 2. The molecule has 0 saturated heterocycles. The van der Waals surface area contributed by atoms with Gasteiger partial charge in [-0.1, -0.05) is 6.07 Å². The number of carbonyl (C=O) groups is 2. The van der Waals surface area contributed by atoms with Crippen molar-refractivity contribution >= 4 is 17.5 Å². The summed E-state index contributed by atoms with van der Waals surface area (Å²) in [6.45, 7) is 0. The zero-order valence-corrected chi connectivity index (χ0v) is 14.1. The Balaban J connectivity index is 1.51. The molecule has 7 nitrogen and oxygen atoms in total. The van der Waals surface area contributed by atoms with Crippen LogP contribution in [0.5, 0.6) is 0 Å². The quantitative estimate of drug-likeness (QED) is 0.683. The maximum absolute atomic E-state index is 12.0. The number of nitrogens with two attached hydrogens (primary N) is 1. The fourth-order valence-electron chi connectivity index (χ4n) is 2.50. The van der Waals surface area contributed by atoms with Gasteiger partial charge >= 0.3 is 0 Å². The van der Waals surface area contributed by atoms with Crippen LogP contribution >= 0.6 is 0 Å². The van der Waals surface area contributed by atoms with Crippen molar-refractivity contribution in [2.24, 2.45) is 5.73 Å². The van der Waals surface area contributed by atoms with Crippen molar-refractivity contribution in [2.75, 3.05) is 5.32 Å². The number of benzene rings is 1. The molecule has 0 aliphatic rings. The molecule has 1 aromatic carbocycles. The predicted molar refractivity (Wildman–Crippen MR) is 97.9 cm³/mol. The molecular formula is C19H19N5O2. The van der Waals surface area contributed by atoms with Gasteiger partial charge in [0.25, 0.3) is 5.91 Å². The molecule has 132 valence electrons. The van der Waals surface area contributed by atoms with E-state index >= 15 is 0 Å². The van der Waals surface area contributed by atoms with Gasteiger partial charge in [-0.05, 0) is 55.3 Å². The highest BCUT2D eigenvalue weighted by Gasteiger charge is 2.07. The lowest BCUT2D eigenvalue weighted by atomic mass is 10.1. The van der Waals surface area contributed by atoms with Crippen LogP contribution < -0.4 is 11.1 Å². The number of anilines is 1. The van der Waals surface area contributed by atoms with Crippen molar-refractivity contribution in [3.8, 4) is 5.69 Å². The maximum atomic E-state index is 12.0. The third kappa shape index (κ3) is 4.54. The lowest BCUT2D eigenvalue weighted by Crippen LogP contribution is -2.12. The monoisotopic (exact) mass is 349 g/mol. The number of pyridine rings is 1. The molecule has 2 aromatic heterocycles. The lowest BCUT2D eigenvalue weighted by Gasteiger charge is -2.07. The zero-order valence-electron chi connectivity index (χ0n) is 14.1. The fourth-order valence-corrected chi connectivity index (χ4v) is 2.50. The van der Waals surface area contributed by atoms with E-state index in [0.29, 0.717) is 12.1 Å². The van der Waals surface area contributed by atoms with Crippen LogP contribution in [0.4, 0.5) is 5.69 Å². The molecule has 3 aromatic rings. The minimum atomic E-state index is -0.571. The number of rotatable bonds is 7. The van der Waals surface area contributed by atoms with Crippen LogP contribution in [-0.2, 0) is 11.2 Å². The first kappa shape index (κ1) is 17.3. The highest BCUT2D eigenvalue weighted by atomic mass is 16.2. The van der Waals surface area contributed by atoms with Crippen LogP contribution in [0.3, 0.4) is 0 Å². The van der Waals surface area contributed by atoms with Crippen molar-refractivity contribution in [3.05, 3.63) is 72.3 Å². The molecule has 7 heteroatoms. The van der Waals surface area contributed by atoms with Crippen LogP contribution in [0, 0.1) is 0 Å². The predicted octanol–water partition coefficient (Wildman–Crippen LogP) is 2.33. The average Bonchev–Trinajstić information content (AvgIpc) is 3.14. The second kappa shape index (κ2) is 8.06. The summed E-state index contributed by atoms with van der Waals surface area (Å²) in [5, 5.41) is 6.96. The largest absolute Gasteiger partial charge is 0.364 e. The number of hydrogen-bond donors (Lipinski definition) is 2. The van der Waals surface area contributed by atoms with E-state index in [4.69, 9.17) is 5.73 Å². The van der Waals surface area contributed by atoms with Crippen molar-refractivity contribution in [2.45, 2.75) is 19.3 Å². The van der Waals surface area contributed by atoms with Crippen LogP contribution in [0.1, 0.15) is 29.0 Å². The maximum Gasteiger partial charge on any atom is 0.269 e. The van der Waals surface area contributed by atoms with Crippen LogP contribution in [0.25, 0.3) is 5.69 Å². The number of amides is 2. The standard InChI is InChI=1S/C19H19N5O2/c20-19(26)17-11-13-24(23-17)16-9-7-15(8-10-16)22-18(25)6-3-5-14-4-1-2-12-21-14/h1-2,4,7-13H,3,5-6H2,(H2,20,26)(H,22,25). The second-order valence-electron chi connectivity index (χ2n) is 5.78. The molecule has 0 saturated carbocycles. The van der Waals surface area contributed by atoms with E-state index in [2.05, 4.69) is 15.4 Å². The molecule has 3 rings (SSSR count). The van der Waals surface area contributed by atoms with E-state index in [9.17, 15) is 9.59 Å². The molecule has 0 bridgehead atoms. The summed E-state index contributed by atoms with van der Waals surface area (Å²) in [4.78, 5) is 27.4. The van der Waals surface area contributed by atoms with E-state index in [0.717, 1.165) is 24.2 Å². The Morgan fingerprint density at radius 1 is 1.08 bits per heavy atom. The lowest BCUT2D eigenvalue weighted by molar-refractivity contribution is -0.116. The first-order chi connectivity index (χ1) is 12.6. The summed E-state index contributed by atoms with van der Waals surface area (Å²) in [6.07, 6.45) is 5.35. The number of nitrogens with zero attached hydrogens (tertiary/aromatic N) is 3. The molecule has 0 aliphatic carbocycles. The smallest absolute Gasteiger partial charge is 0.269 e. The Hall–Kier alpha value is -3.48. The van der Waals surface area contributed by atoms with Crippen molar-refractivity contribution < 1.29 is 9.59 Å². The Morgan fingerprint density at radius 3 is 2.54 bits per heavy atom. The minimum absolute atomic E-state index is 0.0382. The van der Waals surface area contributed by atoms with Crippen molar-refractivity contribution in [1.29, 1.82) is 0 Å². The summed E-state index contributed by atoms with van der Waals surface area (Å²) in [5.41, 5.74) is 7.86. The Bertz CT molecular complexity index is 888. The summed E-state index contributed by atoms with van der Waals surface area (Å²) in [5.74, 6) is -0.609. The topological polar surface area (TPSA) is 103 Å². The highest BCUT2D eigenvalue weighted by molar-refractivity contribution is 5.91. The van der Waals surface area contributed by atoms with Gasteiger partial charge in [-0.3, -0.25) is 14.6 Å². The van der Waals surface area contributed by atoms with E-state index in [1.165, 1.54) is 0 Å². The van der Waals surface area contributed by atoms with Gasteiger partial charge in [-0.15, -0.1) is 0 Å². The summed E-state index contributed by atoms with van der Waals surface area (Å²) < 4.78 is 1.55. The average molecular weight is 349 g/mol. The summed E-state index contributed by atoms with van der Waals surface area (Å²) in [7, 11) is 0. The van der Waals surface area contributed by atoms with Crippen LogP contribution in [0.15, 0.2) is 60.9 Å². The van der Waals surface area contributed by atoms with Gasteiger partial charge in [0.2, 0.25) is 5.91 Å². The molecule has 2 heterocycles. The van der Waals surface area contributed by atoms with Gasteiger partial charge in [0.1, 0.15) is 5.69 Å². The van der Waals surface area contributed by atoms with Gasteiger partial charge in [-0.25, -0.2) is 4.68 Å². The normalized spacial score (nSPS) is 10.5. The van der Waals surface area contributed by atoms with Crippen molar-refractivity contribution in [3.63, 3.8) is 0 Å².